The fourth-order valence-corrected chi connectivity index (χ4v) is 3.15. The fourth-order valence-electron chi connectivity index (χ4n) is 3.15. The number of benzene rings is 1. The number of nitrogens with one attached hydrogen (secondary N) is 1. The lowest BCUT2D eigenvalue weighted by molar-refractivity contribution is -0.122. The van der Waals surface area contributed by atoms with E-state index in [0.29, 0.717) is 22.8 Å². The minimum absolute atomic E-state index is 0.211. The van der Waals surface area contributed by atoms with Gasteiger partial charge in [0.15, 0.2) is 0 Å². The molecule has 2 atom stereocenters. The number of imidazole rings is 1. The molecule has 0 saturated carbocycles. The lowest BCUT2D eigenvalue weighted by Crippen LogP contribution is -2.34. The van der Waals surface area contributed by atoms with Crippen molar-refractivity contribution in [2.75, 3.05) is 0 Å². The van der Waals surface area contributed by atoms with Crippen LogP contribution in [0.15, 0.2) is 41.2 Å². The second-order valence-corrected chi connectivity index (χ2v) is 6.35. The minimum atomic E-state index is -0.568. The summed E-state index contributed by atoms with van der Waals surface area (Å²) in [5.74, 6) is 0.198. The highest BCUT2D eigenvalue weighted by molar-refractivity contribution is 5.84. The van der Waals surface area contributed by atoms with Crippen molar-refractivity contribution in [2.24, 2.45) is 7.05 Å². The third kappa shape index (κ3) is 3.37. The van der Waals surface area contributed by atoms with Crippen molar-refractivity contribution < 1.29 is 13.7 Å². The van der Waals surface area contributed by atoms with Gasteiger partial charge in [0, 0.05) is 25.0 Å². The maximum absolute atomic E-state index is 13.7. The summed E-state index contributed by atoms with van der Waals surface area (Å²) in [5.41, 5.74) is 2.07. The molecule has 0 fully saturated rings. The number of aromatic nitrogens is 3. The molecule has 3 aromatic rings. The van der Waals surface area contributed by atoms with Crippen molar-refractivity contribution >= 4 is 5.91 Å². The zero-order valence-electron chi connectivity index (χ0n) is 15.2. The predicted molar refractivity (Wildman–Crippen MR) is 94.0 cm³/mol. The Labute approximate surface area is 151 Å². The minimum Gasteiger partial charge on any atom is -0.361 e. The Morgan fingerprint density at radius 3 is 2.69 bits per heavy atom. The van der Waals surface area contributed by atoms with Gasteiger partial charge in [-0.3, -0.25) is 4.79 Å². The van der Waals surface area contributed by atoms with E-state index in [1.807, 2.05) is 7.05 Å². The third-order valence-electron chi connectivity index (χ3n) is 4.50. The van der Waals surface area contributed by atoms with Gasteiger partial charge in [0.05, 0.1) is 11.6 Å². The Kier molecular flexibility index (Phi) is 4.88. The van der Waals surface area contributed by atoms with Crippen LogP contribution in [0.3, 0.4) is 0 Å². The molecule has 7 heteroatoms. The van der Waals surface area contributed by atoms with E-state index in [4.69, 9.17) is 4.52 Å². The summed E-state index contributed by atoms with van der Waals surface area (Å²) in [5, 5.41) is 6.90. The van der Waals surface area contributed by atoms with E-state index >= 15 is 0 Å². The number of hydrogen-bond donors (Lipinski definition) is 1. The molecule has 6 nitrogen and oxygen atoms in total. The van der Waals surface area contributed by atoms with Gasteiger partial charge in [-0.1, -0.05) is 17.3 Å². The van der Waals surface area contributed by atoms with Crippen LogP contribution in [0.2, 0.25) is 0 Å². The molecular formula is C19H21FN4O2. The molecule has 1 amide bonds. The highest BCUT2D eigenvalue weighted by atomic mass is 19.1. The first kappa shape index (κ1) is 17.8. The van der Waals surface area contributed by atoms with Crippen LogP contribution in [0.4, 0.5) is 4.39 Å². The molecule has 0 bridgehead atoms. The molecule has 26 heavy (non-hydrogen) atoms. The molecule has 1 aromatic carbocycles. The number of carbonyl (C=O) groups is 1. The van der Waals surface area contributed by atoms with E-state index in [2.05, 4.69) is 15.5 Å². The van der Waals surface area contributed by atoms with Crippen LogP contribution in [0.5, 0.6) is 0 Å². The Morgan fingerprint density at radius 2 is 2.12 bits per heavy atom. The average Bonchev–Trinajstić information content (AvgIpc) is 3.17. The number of rotatable bonds is 5. The predicted octanol–water partition coefficient (Wildman–Crippen LogP) is 3.17. The summed E-state index contributed by atoms with van der Waals surface area (Å²) in [4.78, 5) is 17.2. The van der Waals surface area contributed by atoms with Gasteiger partial charge in [0.2, 0.25) is 5.91 Å². The Hall–Kier alpha value is -2.96. The fraction of sp³-hybridized carbons (Fsp3) is 0.316. The van der Waals surface area contributed by atoms with Gasteiger partial charge >= 0.3 is 0 Å². The molecular weight excluding hydrogens is 335 g/mol. The van der Waals surface area contributed by atoms with Gasteiger partial charge in [0.1, 0.15) is 23.4 Å². The monoisotopic (exact) mass is 356 g/mol. The SMILES string of the molecule is Cc1noc(C)c1C(C)C(=O)NC(c1cccc(F)c1)c1nccn1C. The van der Waals surface area contributed by atoms with Crippen molar-refractivity contribution in [3.05, 3.63) is 70.9 Å². The Bertz CT molecular complexity index is 912. The molecule has 1 N–H and O–H groups in total. The standard InChI is InChI=1S/C19H21FN4O2/c1-11(16-12(2)23-26-13(16)3)19(25)22-17(18-21-8-9-24(18)4)14-6-5-7-15(20)10-14/h5-11,17H,1-4H3,(H,22,25). The molecule has 2 aromatic heterocycles. The van der Waals surface area contributed by atoms with E-state index in [1.54, 1.807) is 49.9 Å². The largest absolute Gasteiger partial charge is 0.361 e. The first-order chi connectivity index (χ1) is 12.4. The number of aryl methyl sites for hydroxylation is 3. The topological polar surface area (TPSA) is 73.0 Å². The maximum Gasteiger partial charge on any atom is 0.228 e. The van der Waals surface area contributed by atoms with Gasteiger partial charge in [-0.2, -0.15) is 0 Å². The molecule has 2 heterocycles. The number of halogens is 1. The van der Waals surface area contributed by atoms with Crippen molar-refractivity contribution in [1.29, 1.82) is 0 Å². The van der Waals surface area contributed by atoms with Crippen LogP contribution in [0, 0.1) is 19.7 Å². The van der Waals surface area contributed by atoms with Crippen LogP contribution in [0.25, 0.3) is 0 Å². The van der Waals surface area contributed by atoms with E-state index in [-0.39, 0.29) is 11.7 Å². The molecule has 0 saturated heterocycles. The quantitative estimate of drug-likeness (QED) is 0.762. The molecule has 0 aliphatic rings. The summed E-state index contributed by atoms with van der Waals surface area (Å²) < 4.78 is 20.7. The second-order valence-electron chi connectivity index (χ2n) is 6.35. The zero-order valence-corrected chi connectivity index (χ0v) is 15.2. The average molecular weight is 356 g/mol. The first-order valence-electron chi connectivity index (χ1n) is 8.34. The van der Waals surface area contributed by atoms with Crippen molar-refractivity contribution in [1.82, 2.24) is 20.0 Å². The highest BCUT2D eigenvalue weighted by Gasteiger charge is 2.27. The zero-order chi connectivity index (χ0) is 18.8. The summed E-state index contributed by atoms with van der Waals surface area (Å²) in [6.07, 6.45) is 3.43. The molecule has 0 aliphatic carbocycles. The lowest BCUT2D eigenvalue weighted by Gasteiger charge is -2.21. The lowest BCUT2D eigenvalue weighted by atomic mass is 9.97. The van der Waals surface area contributed by atoms with Crippen LogP contribution >= 0.6 is 0 Å². The number of amides is 1. The second kappa shape index (κ2) is 7.11. The maximum atomic E-state index is 13.7. The first-order valence-corrected chi connectivity index (χ1v) is 8.34. The Balaban J connectivity index is 1.93. The molecule has 3 rings (SSSR count). The Morgan fingerprint density at radius 1 is 1.35 bits per heavy atom. The van der Waals surface area contributed by atoms with Crippen molar-refractivity contribution in [3.63, 3.8) is 0 Å². The van der Waals surface area contributed by atoms with Gasteiger partial charge in [-0.25, -0.2) is 9.37 Å². The van der Waals surface area contributed by atoms with Crippen LogP contribution in [-0.2, 0) is 11.8 Å². The summed E-state index contributed by atoms with van der Waals surface area (Å²) in [6.45, 7) is 5.38. The van der Waals surface area contributed by atoms with E-state index in [9.17, 15) is 9.18 Å². The van der Waals surface area contributed by atoms with Crippen LogP contribution in [-0.4, -0.2) is 20.6 Å². The number of nitrogens with zero attached hydrogens (tertiary/aromatic N) is 3. The van der Waals surface area contributed by atoms with Crippen LogP contribution < -0.4 is 5.32 Å². The van der Waals surface area contributed by atoms with Gasteiger partial charge in [0.25, 0.3) is 0 Å². The summed E-state index contributed by atoms with van der Waals surface area (Å²) in [6, 6.07) is 5.59. The van der Waals surface area contributed by atoms with Gasteiger partial charge in [-0.05, 0) is 38.5 Å². The number of carbonyl (C=O) groups excluding carboxylic acids is 1. The molecule has 0 aliphatic heterocycles. The van der Waals surface area contributed by atoms with Crippen molar-refractivity contribution in [3.8, 4) is 0 Å². The summed E-state index contributed by atoms with van der Waals surface area (Å²) >= 11 is 0. The van der Waals surface area contributed by atoms with Crippen LogP contribution in [0.1, 0.15) is 47.3 Å². The molecule has 0 radical (unpaired) electrons. The third-order valence-corrected chi connectivity index (χ3v) is 4.50. The molecule has 136 valence electrons. The van der Waals surface area contributed by atoms with Crippen molar-refractivity contribution in [2.45, 2.75) is 32.7 Å². The number of hydrogen-bond acceptors (Lipinski definition) is 4. The van der Waals surface area contributed by atoms with Gasteiger partial charge < -0.3 is 14.4 Å². The molecule has 0 spiro atoms. The normalized spacial score (nSPS) is 13.4. The van der Waals surface area contributed by atoms with E-state index in [0.717, 1.165) is 5.56 Å². The smallest absolute Gasteiger partial charge is 0.228 e. The van der Waals surface area contributed by atoms with Gasteiger partial charge in [-0.15, -0.1) is 0 Å². The molecule has 2 unspecified atom stereocenters. The van der Waals surface area contributed by atoms with E-state index in [1.165, 1.54) is 12.1 Å². The summed E-state index contributed by atoms with van der Waals surface area (Å²) in [7, 11) is 1.83. The highest BCUT2D eigenvalue weighted by Crippen LogP contribution is 2.26. The van der Waals surface area contributed by atoms with E-state index < -0.39 is 12.0 Å².